The van der Waals surface area contributed by atoms with Crippen molar-refractivity contribution in [3.63, 3.8) is 0 Å². The molecule has 0 aliphatic carbocycles. The van der Waals surface area contributed by atoms with Gasteiger partial charge in [-0.2, -0.15) is 4.98 Å². The maximum Gasteiger partial charge on any atom is 0.243 e. The van der Waals surface area contributed by atoms with Gasteiger partial charge in [0.15, 0.2) is 5.82 Å². The van der Waals surface area contributed by atoms with Gasteiger partial charge in [-0.25, -0.2) is 0 Å². The Labute approximate surface area is 92.7 Å². The van der Waals surface area contributed by atoms with Crippen molar-refractivity contribution >= 4 is 0 Å². The van der Waals surface area contributed by atoms with Gasteiger partial charge in [0.1, 0.15) is 0 Å². The van der Waals surface area contributed by atoms with Crippen LogP contribution in [-0.4, -0.2) is 28.1 Å². The van der Waals surface area contributed by atoms with Crippen molar-refractivity contribution in [3.05, 3.63) is 11.7 Å². The molecule has 0 saturated carbocycles. The molecule has 0 bridgehead atoms. The largest absolute Gasteiger partial charge is 0.338 e. The molecule has 1 aromatic heterocycles. The average Bonchev–Trinajstić information content (AvgIpc) is 2.69. The van der Waals surface area contributed by atoms with Crippen LogP contribution in [-0.2, 0) is 0 Å². The summed E-state index contributed by atoms with van der Waals surface area (Å²) in [5.74, 6) is 1.41. The van der Waals surface area contributed by atoms with E-state index < -0.39 is 0 Å². The molecule has 0 aliphatic heterocycles. The van der Waals surface area contributed by atoms with Gasteiger partial charge >= 0.3 is 0 Å². The molecular weight excluding hydrogens is 190 g/mol. The van der Waals surface area contributed by atoms with Gasteiger partial charge in [-0.1, -0.05) is 32.9 Å². The first-order chi connectivity index (χ1) is 7.19. The fourth-order valence-electron chi connectivity index (χ4n) is 1.41. The standard InChI is InChI=1S/C9H17N3O.C2H6/c1-5-12(6-2)7(3)9-10-8(4)11-13-9;1-2/h7H,5-6H2,1-4H3;1-2H3. The van der Waals surface area contributed by atoms with Gasteiger partial charge in [-0.3, -0.25) is 4.90 Å². The number of hydrogen-bond acceptors (Lipinski definition) is 4. The monoisotopic (exact) mass is 213 g/mol. The first kappa shape index (κ1) is 14.1. The summed E-state index contributed by atoms with van der Waals surface area (Å²) < 4.78 is 5.11. The minimum absolute atomic E-state index is 0.219. The van der Waals surface area contributed by atoms with Crippen LogP contribution in [0.1, 0.15) is 52.4 Å². The fraction of sp³-hybridized carbons (Fsp3) is 0.818. The van der Waals surface area contributed by atoms with Crippen LogP contribution in [0, 0.1) is 6.92 Å². The Morgan fingerprint density at radius 1 is 1.27 bits per heavy atom. The summed E-state index contributed by atoms with van der Waals surface area (Å²) in [6.07, 6.45) is 0. The van der Waals surface area contributed by atoms with Crippen LogP contribution in [0.25, 0.3) is 0 Å². The van der Waals surface area contributed by atoms with Crippen molar-refractivity contribution in [1.82, 2.24) is 15.0 Å². The SMILES string of the molecule is CC.CCN(CC)C(C)c1nc(C)no1. The van der Waals surface area contributed by atoms with Gasteiger partial charge in [0.25, 0.3) is 0 Å². The lowest BCUT2D eigenvalue weighted by molar-refractivity contribution is 0.189. The van der Waals surface area contributed by atoms with E-state index in [1.165, 1.54) is 0 Å². The summed E-state index contributed by atoms with van der Waals surface area (Å²) in [5.41, 5.74) is 0. The van der Waals surface area contributed by atoms with Crippen LogP contribution in [0.3, 0.4) is 0 Å². The van der Waals surface area contributed by atoms with Gasteiger partial charge < -0.3 is 4.52 Å². The topological polar surface area (TPSA) is 42.2 Å². The Morgan fingerprint density at radius 3 is 2.13 bits per heavy atom. The van der Waals surface area contributed by atoms with Crippen molar-refractivity contribution in [3.8, 4) is 0 Å². The summed E-state index contributed by atoms with van der Waals surface area (Å²) >= 11 is 0. The predicted molar refractivity (Wildman–Crippen MR) is 61.7 cm³/mol. The quantitative estimate of drug-likeness (QED) is 0.771. The van der Waals surface area contributed by atoms with Gasteiger partial charge in [-0.15, -0.1) is 0 Å². The van der Waals surface area contributed by atoms with Crippen molar-refractivity contribution in [2.75, 3.05) is 13.1 Å². The van der Waals surface area contributed by atoms with Crippen LogP contribution >= 0.6 is 0 Å². The van der Waals surface area contributed by atoms with Crippen molar-refractivity contribution in [2.45, 2.75) is 47.6 Å². The molecule has 0 spiro atoms. The van der Waals surface area contributed by atoms with Gasteiger partial charge in [0.2, 0.25) is 5.89 Å². The highest BCUT2D eigenvalue weighted by Gasteiger charge is 2.17. The van der Waals surface area contributed by atoms with E-state index in [1.54, 1.807) is 0 Å². The maximum absolute atomic E-state index is 5.11. The lowest BCUT2D eigenvalue weighted by Gasteiger charge is -2.22. The highest BCUT2D eigenvalue weighted by molar-refractivity contribution is 4.89. The molecular formula is C11H23N3O. The lowest BCUT2D eigenvalue weighted by atomic mass is 10.3. The average molecular weight is 213 g/mol. The van der Waals surface area contributed by atoms with Crippen LogP contribution in [0.15, 0.2) is 4.52 Å². The minimum Gasteiger partial charge on any atom is -0.338 e. The molecule has 0 amide bonds. The molecule has 1 aromatic rings. The molecule has 1 atom stereocenters. The van der Waals surface area contributed by atoms with E-state index >= 15 is 0 Å². The number of aryl methyl sites for hydroxylation is 1. The Hall–Kier alpha value is -0.900. The normalized spacial score (nSPS) is 12.2. The summed E-state index contributed by atoms with van der Waals surface area (Å²) in [6, 6.07) is 0.219. The molecule has 1 unspecified atom stereocenters. The van der Waals surface area contributed by atoms with Crippen LogP contribution < -0.4 is 0 Å². The summed E-state index contributed by atoms with van der Waals surface area (Å²) in [7, 11) is 0. The smallest absolute Gasteiger partial charge is 0.243 e. The second-order valence-corrected chi connectivity index (χ2v) is 3.08. The first-order valence-electron chi connectivity index (χ1n) is 5.73. The van der Waals surface area contributed by atoms with Crippen molar-refractivity contribution < 1.29 is 4.52 Å². The van der Waals surface area contributed by atoms with Gasteiger partial charge in [-0.05, 0) is 26.9 Å². The van der Waals surface area contributed by atoms with Crippen LogP contribution in [0.4, 0.5) is 0 Å². The zero-order valence-electron chi connectivity index (χ0n) is 10.7. The maximum atomic E-state index is 5.11. The molecule has 0 saturated heterocycles. The van der Waals surface area contributed by atoms with Crippen LogP contribution in [0.2, 0.25) is 0 Å². The van der Waals surface area contributed by atoms with E-state index in [4.69, 9.17) is 4.52 Å². The van der Waals surface area contributed by atoms with E-state index in [2.05, 4.69) is 35.8 Å². The highest BCUT2D eigenvalue weighted by atomic mass is 16.5. The van der Waals surface area contributed by atoms with E-state index in [9.17, 15) is 0 Å². The third-order valence-corrected chi connectivity index (χ3v) is 2.26. The molecule has 0 radical (unpaired) electrons. The summed E-state index contributed by atoms with van der Waals surface area (Å²) in [6.45, 7) is 14.2. The lowest BCUT2D eigenvalue weighted by Crippen LogP contribution is -2.26. The van der Waals surface area contributed by atoms with E-state index in [1.807, 2.05) is 20.8 Å². The number of hydrogen-bond donors (Lipinski definition) is 0. The molecule has 1 rings (SSSR count). The van der Waals surface area contributed by atoms with Crippen molar-refractivity contribution in [1.29, 1.82) is 0 Å². The third kappa shape index (κ3) is 4.00. The Balaban J connectivity index is 0.000000921. The Kier molecular flexibility index (Phi) is 6.96. The van der Waals surface area contributed by atoms with E-state index in [0.29, 0.717) is 11.7 Å². The molecule has 0 N–H and O–H groups in total. The molecule has 0 fully saturated rings. The molecule has 1 heterocycles. The second kappa shape index (κ2) is 7.40. The number of aromatic nitrogens is 2. The molecule has 4 nitrogen and oxygen atoms in total. The molecule has 15 heavy (non-hydrogen) atoms. The highest BCUT2D eigenvalue weighted by Crippen LogP contribution is 2.16. The number of nitrogens with zero attached hydrogens (tertiary/aromatic N) is 3. The Bertz CT molecular complexity index is 256. The summed E-state index contributed by atoms with van der Waals surface area (Å²) in [5, 5.41) is 3.78. The third-order valence-electron chi connectivity index (χ3n) is 2.26. The second-order valence-electron chi connectivity index (χ2n) is 3.08. The first-order valence-corrected chi connectivity index (χ1v) is 5.73. The zero-order chi connectivity index (χ0) is 11.8. The minimum atomic E-state index is 0.219. The van der Waals surface area contributed by atoms with Crippen molar-refractivity contribution in [2.24, 2.45) is 0 Å². The fourth-order valence-corrected chi connectivity index (χ4v) is 1.41. The van der Waals surface area contributed by atoms with Gasteiger partial charge in [0, 0.05) is 0 Å². The number of rotatable bonds is 4. The molecule has 4 heteroatoms. The molecule has 0 aromatic carbocycles. The van der Waals surface area contributed by atoms with Gasteiger partial charge in [0.05, 0.1) is 6.04 Å². The van der Waals surface area contributed by atoms with E-state index in [-0.39, 0.29) is 6.04 Å². The zero-order valence-corrected chi connectivity index (χ0v) is 10.7. The predicted octanol–water partition coefficient (Wildman–Crippen LogP) is 2.81. The summed E-state index contributed by atoms with van der Waals surface area (Å²) in [4.78, 5) is 6.48. The van der Waals surface area contributed by atoms with E-state index in [0.717, 1.165) is 13.1 Å². The Morgan fingerprint density at radius 2 is 1.80 bits per heavy atom. The molecule has 0 aliphatic rings. The van der Waals surface area contributed by atoms with Crippen LogP contribution in [0.5, 0.6) is 0 Å². The molecule has 88 valence electrons.